The van der Waals surface area contributed by atoms with Gasteiger partial charge in [0, 0.05) is 32.4 Å². The minimum Gasteiger partial charge on any atom is -0.353 e. The maximum absolute atomic E-state index is 12.7. The first kappa shape index (κ1) is 17.0. The number of nitrogens with zero attached hydrogens (tertiary/aromatic N) is 5. The van der Waals surface area contributed by atoms with Gasteiger partial charge >= 0.3 is 6.18 Å². The summed E-state index contributed by atoms with van der Waals surface area (Å²) in [5.41, 5.74) is -0.846. The number of pyridine rings is 1. The molecule has 0 spiro atoms. The van der Waals surface area contributed by atoms with Gasteiger partial charge in [-0.15, -0.1) is 0 Å². The third kappa shape index (κ3) is 3.78. The zero-order valence-corrected chi connectivity index (χ0v) is 13.6. The van der Waals surface area contributed by atoms with Crippen LogP contribution in [-0.2, 0) is 12.7 Å². The molecular weight excluding hydrogens is 347 g/mol. The smallest absolute Gasteiger partial charge is 0.353 e. The van der Waals surface area contributed by atoms with Crippen molar-refractivity contribution >= 4 is 17.4 Å². The molecule has 6 nitrogen and oxygen atoms in total. The Morgan fingerprint density at radius 1 is 1.25 bits per heavy atom. The van der Waals surface area contributed by atoms with E-state index in [-0.39, 0.29) is 5.02 Å². The standard InChI is InChI=1S/C14H15ClF3N5O/c1-9-20-12(24-21-9)8-22-2-4-23(5-3-22)13-11(15)6-10(7-19-13)14(16,17)18/h6-7H,2-5,8H2,1H3. The van der Waals surface area contributed by atoms with Crippen molar-refractivity contribution in [2.75, 3.05) is 31.1 Å². The van der Waals surface area contributed by atoms with Gasteiger partial charge < -0.3 is 9.42 Å². The summed E-state index contributed by atoms with van der Waals surface area (Å²) in [6, 6.07) is 0.914. The minimum absolute atomic E-state index is 0.00537. The Morgan fingerprint density at radius 3 is 2.50 bits per heavy atom. The van der Waals surface area contributed by atoms with Gasteiger partial charge in [-0.25, -0.2) is 4.98 Å². The normalized spacial score (nSPS) is 16.6. The summed E-state index contributed by atoms with van der Waals surface area (Å²) in [7, 11) is 0. The minimum atomic E-state index is -4.45. The number of piperazine rings is 1. The van der Waals surface area contributed by atoms with Crippen LogP contribution in [-0.4, -0.2) is 46.2 Å². The van der Waals surface area contributed by atoms with E-state index in [2.05, 4.69) is 20.0 Å². The fraction of sp³-hybridized carbons (Fsp3) is 0.500. The van der Waals surface area contributed by atoms with Crippen LogP contribution in [0.25, 0.3) is 0 Å². The second-order valence-electron chi connectivity index (χ2n) is 5.53. The van der Waals surface area contributed by atoms with Crippen LogP contribution in [0.3, 0.4) is 0 Å². The molecule has 0 aromatic carbocycles. The fourth-order valence-corrected chi connectivity index (χ4v) is 2.82. The van der Waals surface area contributed by atoms with E-state index in [4.69, 9.17) is 16.1 Å². The molecule has 1 fully saturated rings. The Bertz CT molecular complexity index is 713. The molecule has 0 aliphatic carbocycles. The monoisotopic (exact) mass is 361 g/mol. The van der Waals surface area contributed by atoms with Crippen LogP contribution in [0, 0.1) is 6.92 Å². The predicted octanol–water partition coefficient (Wildman–Crippen LogP) is 2.77. The second-order valence-corrected chi connectivity index (χ2v) is 5.93. The fourth-order valence-electron chi connectivity index (χ4n) is 2.53. The first-order valence-corrected chi connectivity index (χ1v) is 7.70. The quantitative estimate of drug-likeness (QED) is 0.838. The summed E-state index contributed by atoms with van der Waals surface area (Å²) in [5.74, 6) is 1.51. The molecule has 3 rings (SSSR count). The van der Waals surface area contributed by atoms with E-state index < -0.39 is 11.7 Å². The highest BCUT2D eigenvalue weighted by Crippen LogP contribution is 2.33. The molecule has 0 radical (unpaired) electrons. The first-order valence-electron chi connectivity index (χ1n) is 7.32. The summed E-state index contributed by atoms with van der Waals surface area (Å²) < 4.78 is 43.1. The molecule has 0 bridgehead atoms. The molecule has 1 saturated heterocycles. The van der Waals surface area contributed by atoms with E-state index in [1.807, 2.05) is 4.90 Å². The maximum Gasteiger partial charge on any atom is 0.417 e. The molecule has 0 atom stereocenters. The van der Waals surface area contributed by atoms with Gasteiger partial charge in [0.05, 0.1) is 17.1 Å². The van der Waals surface area contributed by atoms with Crippen LogP contribution in [0.5, 0.6) is 0 Å². The van der Waals surface area contributed by atoms with E-state index in [1.165, 1.54) is 0 Å². The maximum atomic E-state index is 12.7. The highest BCUT2D eigenvalue weighted by Gasteiger charge is 2.32. The lowest BCUT2D eigenvalue weighted by Gasteiger charge is -2.35. The van der Waals surface area contributed by atoms with Crippen molar-refractivity contribution in [2.45, 2.75) is 19.6 Å². The average Bonchev–Trinajstić information content (AvgIpc) is 2.92. The topological polar surface area (TPSA) is 58.3 Å². The third-order valence-corrected chi connectivity index (χ3v) is 4.03. The molecule has 2 aromatic rings. The van der Waals surface area contributed by atoms with Gasteiger partial charge in [-0.2, -0.15) is 18.2 Å². The lowest BCUT2D eigenvalue weighted by molar-refractivity contribution is -0.137. The van der Waals surface area contributed by atoms with E-state index in [0.717, 1.165) is 12.3 Å². The molecule has 24 heavy (non-hydrogen) atoms. The molecule has 1 aliphatic heterocycles. The molecule has 130 valence electrons. The molecular formula is C14H15ClF3N5O. The molecule has 0 saturated carbocycles. The van der Waals surface area contributed by atoms with E-state index >= 15 is 0 Å². The van der Waals surface area contributed by atoms with E-state index in [0.29, 0.717) is 50.3 Å². The Hall–Kier alpha value is -1.87. The largest absolute Gasteiger partial charge is 0.417 e. The van der Waals surface area contributed by atoms with Crippen LogP contribution < -0.4 is 4.90 Å². The van der Waals surface area contributed by atoms with Crippen LogP contribution in [0.4, 0.5) is 19.0 Å². The number of aryl methyl sites for hydroxylation is 1. The number of anilines is 1. The van der Waals surface area contributed by atoms with Crippen LogP contribution in [0.2, 0.25) is 5.02 Å². The summed E-state index contributed by atoms with van der Waals surface area (Å²) in [4.78, 5) is 12.1. The predicted molar refractivity (Wildman–Crippen MR) is 80.8 cm³/mol. The number of rotatable bonds is 3. The lowest BCUT2D eigenvalue weighted by Crippen LogP contribution is -2.46. The molecule has 3 heterocycles. The van der Waals surface area contributed by atoms with Crippen molar-refractivity contribution in [3.05, 3.63) is 34.6 Å². The zero-order valence-electron chi connectivity index (χ0n) is 12.8. The van der Waals surface area contributed by atoms with Gasteiger partial charge in [-0.05, 0) is 13.0 Å². The zero-order chi connectivity index (χ0) is 17.3. The van der Waals surface area contributed by atoms with Crippen LogP contribution in [0.15, 0.2) is 16.8 Å². The van der Waals surface area contributed by atoms with Gasteiger partial charge in [0.25, 0.3) is 0 Å². The highest BCUT2D eigenvalue weighted by molar-refractivity contribution is 6.33. The van der Waals surface area contributed by atoms with E-state index in [1.54, 1.807) is 6.92 Å². The Labute approximate surface area is 141 Å². The number of alkyl halides is 3. The summed E-state index contributed by atoms with van der Waals surface area (Å²) >= 11 is 5.99. The van der Waals surface area contributed by atoms with Crippen molar-refractivity contribution in [3.63, 3.8) is 0 Å². The molecule has 10 heteroatoms. The van der Waals surface area contributed by atoms with Crippen LogP contribution >= 0.6 is 11.6 Å². The number of aromatic nitrogens is 3. The van der Waals surface area contributed by atoms with E-state index in [9.17, 15) is 13.2 Å². The molecule has 0 unspecified atom stereocenters. The van der Waals surface area contributed by atoms with Crippen molar-refractivity contribution in [2.24, 2.45) is 0 Å². The summed E-state index contributed by atoms with van der Waals surface area (Å²) in [5, 5.41) is 3.75. The second kappa shape index (κ2) is 6.56. The molecule has 2 aromatic heterocycles. The van der Waals surface area contributed by atoms with Crippen molar-refractivity contribution < 1.29 is 17.7 Å². The molecule has 0 N–H and O–H groups in total. The van der Waals surface area contributed by atoms with Crippen molar-refractivity contribution in [1.82, 2.24) is 20.0 Å². The third-order valence-electron chi connectivity index (χ3n) is 3.75. The Balaban J connectivity index is 1.62. The van der Waals surface area contributed by atoms with Gasteiger partial charge in [-0.3, -0.25) is 4.90 Å². The molecule has 1 aliphatic rings. The highest BCUT2D eigenvalue weighted by atomic mass is 35.5. The van der Waals surface area contributed by atoms with Gasteiger partial charge in [-0.1, -0.05) is 16.8 Å². The summed E-state index contributed by atoms with van der Waals surface area (Å²) in [6.45, 7) is 4.89. The number of hydrogen-bond acceptors (Lipinski definition) is 6. The number of hydrogen-bond donors (Lipinski definition) is 0. The number of halogens is 4. The average molecular weight is 362 g/mol. The summed E-state index contributed by atoms with van der Waals surface area (Å²) in [6.07, 6.45) is -3.63. The molecule has 0 amide bonds. The van der Waals surface area contributed by atoms with Gasteiger partial charge in [0.2, 0.25) is 5.89 Å². The van der Waals surface area contributed by atoms with Crippen molar-refractivity contribution in [3.8, 4) is 0 Å². The van der Waals surface area contributed by atoms with Crippen LogP contribution in [0.1, 0.15) is 17.3 Å². The lowest BCUT2D eigenvalue weighted by atomic mass is 10.2. The Morgan fingerprint density at radius 2 is 1.96 bits per heavy atom. The first-order chi connectivity index (χ1) is 11.3. The Kier molecular flexibility index (Phi) is 4.64. The van der Waals surface area contributed by atoms with Gasteiger partial charge in [0.1, 0.15) is 5.82 Å². The SMILES string of the molecule is Cc1noc(CN2CCN(c3ncc(C(F)(F)F)cc3Cl)CC2)n1. The van der Waals surface area contributed by atoms with Gasteiger partial charge in [0.15, 0.2) is 5.82 Å². The van der Waals surface area contributed by atoms with Crippen molar-refractivity contribution in [1.29, 1.82) is 0 Å².